The molecule has 1 aromatic carbocycles. The Balaban J connectivity index is 0.00000288. The smallest absolute Gasteiger partial charge is 0.193 e. The average Bonchev–Trinajstić information content (AvgIpc) is 2.56. The van der Waals surface area contributed by atoms with E-state index in [-0.39, 0.29) is 24.0 Å². The number of nitrogens with one attached hydrogen (secondary N) is 1. The third-order valence-corrected chi connectivity index (χ3v) is 5.64. The highest BCUT2D eigenvalue weighted by Crippen LogP contribution is 2.24. The summed E-state index contributed by atoms with van der Waals surface area (Å²) in [5, 5.41) is 4.20. The third kappa shape index (κ3) is 6.44. The van der Waals surface area contributed by atoms with Gasteiger partial charge in [0.15, 0.2) is 5.96 Å². The SMILES string of the molecule is CN=C(NCc1cccc(COC)c1)N1CCSC(C(C)C)C1.I. The zero-order chi connectivity index (χ0) is 16.7. The molecule has 0 aliphatic carbocycles. The Labute approximate surface area is 167 Å². The van der Waals surface area contributed by atoms with E-state index in [0.717, 1.165) is 25.6 Å². The lowest BCUT2D eigenvalue weighted by Crippen LogP contribution is -2.48. The van der Waals surface area contributed by atoms with Gasteiger partial charge in [-0.3, -0.25) is 4.99 Å². The Morgan fingerprint density at radius 2 is 2.17 bits per heavy atom. The van der Waals surface area contributed by atoms with Crippen molar-refractivity contribution in [2.24, 2.45) is 10.9 Å². The van der Waals surface area contributed by atoms with Crippen molar-refractivity contribution >= 4 is 41.7 Å². The van der Waals surface area contributed by atoms with E-state index in [4.69, 9.17) is 4.74 Å². The number of aliphatic imine (C=N–C) groups is 1. The number of hydrogen-bond donors (Lipinski definition) is 1. The maximum Gasteiger partial charge on any atom is 0.193 e. The van der Waals surface area contributed by atoms with E-state index in [1.807, 2.05) is 7.05 Å². The minimum Gasteiger partial charge on any atom is -0.380 e. The fraction of sp³-hybridized carbons (Fsp3) is 0.611. The lowest BCUT2D eigenvalue weighted by atomic mass is 10.1. The molecule has 1 fully saturated rings. The molecule has 1 aliphatic rings. The quantitative estimate of drug-likeness (QED) is 0.412. The Morgan fingerprint density at radius 3 is 2.83 bits per heavy atom. The molecular weight excluding hydrogens is 433 g/mol. The number of methoxy groups -OCH3 is 1. The molecule has 1 aliphatic heterocycles. The van der Waals surface area contributed by atoms with Crippen LogP contribution < -0.4 is 5.32 Å². The summed E-state index contributed by atoms with van der Waals surface area (Å²) in [6.45, 7) is 8.20. The first-order chi connectivity index (χ1) is 11.1. The minimum absolute atomic E-state index is 0. The molecule has 1 atom stereocenters. The van der Waals surface area contributed by atoms with Crippen molar-refractivity contribution in [3.05, 3.63) is 35.4 Å². The molecule has 1 heterocycles. The van der Waals surface area contributed by atoms with Crippen LogP contribution in [0.5, 0.6) is 0 Å². The van der Waals surface area contributed by atoms with Gasteiger partial charge in [-0.25, -0.2) is 0 Å². The Morgan fingerprint density at radius 1 is 1.42 bits per heavy atom. The normalized spacial score (nSPS) is 18.5. The molecule has 0 spiro atoms. The summed E-state index contributed by atoms with van der Waals surface area (Å²) < 4.78 is 5.20. The second kappa shape index (κ2) is 11.2. The van der Waals surface area contributed by atoms with Crippen molar-refractivity contribution in [2.45, 2.75) is 32.2 Å². The maximum atomic E-state index is 5.20. The topological polar surface area (TPSA) is 36.9 Å². The molecule has 1 aromatic rings. The highest BCUT2D eigenvalue weighted by Gasteiger charge is 2.24. The Hall–Kier alpha value is -0.470. The van der Waals surface area contributed by atoms with E-state index < -0.39 is 0 Å². The van der Waals surface area contributed by atoms with Crippen molar-refractivity contribution in [1.82, 2.24) is 10.2 Å². The van der Waals surface area contributed by atoms with Gasteiger partial charge in [0.1, 0.15) is 0 Å². The van der Waals surface area contributed by atoms with Crippen LogP contribution in [0, 0.1) is 5.92 Å². The minimum atomic E-state index is 0. The lowest BCUT2D eigenvalue weighted by Gasteiger charge is -2.36. The van der Waals surface area contributed by atoms with Gasteiger partial charge in [0.25, 0.3) is 0 Å². The highest BCUT2D eigenvalue weighted by atomic mass is 127. The van der Waals surface area contributed by atoms with Gasteiger partial charge in [-0.2, -0.15) is 11.8 Å². The molecule has 0 bridgehead atoms. The number of rotatable bonds is 5. The maximum absolute atomic E-state index is 5.20. The third-order valence-electron chi connectivity index (χ3n) is 4.10. The van der Waals surface area contributed by atoms with Crippen molar-refractivity contribution in [3.8, 4) is 0 Å². The van der Waals surface area contributed by atoms with Crippen LogP contribution in [0.25, 0.3) is 0 Å². The Kier molecular flexibility index (Phi) is 10.1. The van der Waals surface area contributed by atoms with E-state index in [0.29, 0.717) is 17.8 Å². The fourth-order valence-corrected chi connectivity index (χ4v) is 4.08. The van der Waals surface area contributed by atoms with Crippen LogP contribution in [0.15, 0.2) is 29.3 Å². The summed E-state index contributed by atoms with van der Waals surface area (Å²) in [6.07, 6.45) is 0. The first kappa shape index (κ1) is 21.6. The van der Waals surface area contributed by atoms with Crippen LogP contribution in [-0.4, -0.2) is 49.1 Å². The first-order valence-corrected chi connectivity index (χ1v) is 9.33. The van der Waals surface area contributed by atoms with E-state index in [2.05, 4.69) is 65.1 Å². The summed E-state index contributed by atoms with van der Waals surface area (Å²) in [4.78, 5) is 6.87. The molecule has 2 rings (SSSR count). The number of halogens is 1. The summed E-state index contributed by atoms with van der Waals surface area (Å²) >= 11 is 2.09. The van der Waals surface area contributed by atoms with Crippen molar-refractivity contribution < 1.29 is 4.74 Å². The summed E-state index contributed by atoms with van der Waals surface area (Å²) in [6, 6.07) is 8.51. The van der Waals surface area contributed by atoms with Crippen molar-refractivity contribution in [3.63, 3.8) is 0 Å². The van der Waals surface area contributed by atoms with Crippen molar-refractivity contribution in [2.75, 3.05) is 33.0 Å². The molecule has 1 saturated heterocycles. The number of guanidine groups is 1. The molecular formula is C18H30IN3OS. The zero-order valence-corrected chi connectivity index (χ0v) is 18.3. The molecule has 4 nitrogen and oxygen atoms in total. The predicted molar refractivity (Wildman–Crippen MR) is 115 cm³/mol. The van der Waals surface area contributed by atoms with E-state index in [1.165, 1.54) is 16.9 Å². The lowest BCUT2D eigenvalue weighted by molar-refractivity contribution is 0.185. The van der Waals surface area contributed by atoms with Gasteiger partial charge in [-0.05, 0) is 17.0 Å². The predicted octanol–water partition coefficient (Wildman–Crippen LogP) is 3.60. The van der Waals surface area contributed by atoms with Gasteiger partial charge < -0.3 is 15.0 Å². The van der Waals surface area contributed by atoms with E-state index >= 15 is 0 Å². The molecule has 0 aromatic heterocycles. The summed E-state index contributed by atoms with van der Waals surface area (Å²) in [7, 11) is 3.60. The van der Waals surface area contributed by atoms with Crippen LogP contribution in [-0.2, 0) is 17.9 Å². The van der Waals surface area contributed by atoms with E-state index in [1.54, 1.807) is 7.11 Å². The van der Waals surface area contributed by atoms with Crippen LogP contribution >= 0.6 is 35.7 Å². The van der Waals surface area contributed by atoms with Crippen molar-refractivity contribution in [1.29, 1.82) is 0 Å². The zero-order valence-electron chi connectivity index (χ0n) is 15.1. The Bertz CT molecular complexity index is 525. The van der Waals surface area contributed by atoms with Crippen LogP contribution in [0.4, 0.5) is 0 Å². The van der Waals surface area contributed by atoms with Crippen LogP contribution in [0.1, 0.15) is 25.0 Å². The number of thioether (sulfide) groups is 1. The molecule has 136 valence electrons. The molecule has 24 heavy (non-hydrogen) atoms. The number of hydrogen-bond acceptors (Lipinski definition) is 3. The molecule has 1 unspecified atom stereocenters. The number of ether oxygens (including phenoxy) is 1. The fourth-order valence-electron chi connectivity index (χ4n) is 2.78. The average molecular weight is 463 g/mol. The van der Waals surface area contributed by atoms with E-state index in [9.17, 15) is 0 Å². The highest BCUT2D eigenvalue weighted by molar-refractivity contribution is 14.0. The van der Waals surface area contributed by atoms with Gasteiger partial charge in [-0.15, -0.1) is 24.0 Å². The second-order valence-corrected chi connectivity index (χ2v) is 7.60. The number of benzene rings is 1. The monoisotopic (exact) mass is 463 g/mol. The molecule has 0 amide bonds. The van der Waals surface area contributed by atoms with Crippen LogP contribution in [0.3, 0.4) is 0 Å². The molecule has 0 saturated carbocycles. The summed E-state index contributed by atoms with van der Waals surface area (Å²) in [5.74, 6) is 2.88. The van der Waals surface area contributed by atoms with Gasteiger partial charge in [0.05, 0.1) is 6.61 Å². The molecule has 6 heteroatoms. The largest absolute Gasteiger partial charge is 0.380 e. The molecule has 1 N–H and O–H groups in total. The van der Waals surface area contributed by atoms with Gasteiger partial charge in [0.2, 0.25) is 0 Å². The van der Waals surface area contributed by atoms with Crippen LogP contribution in [0.2, 0.25) is 0 Å². The number of nitrogens with zero attached hydrogens (tertiary/aromatic N) is 2. The summed E-state index contributed by atoms with van der Waals surface area (Å²) in [5.41, 5.74) is 2.46. The van der Waals surface area contributed by atoms with Gasteiger partial charge in [0, 0.05) is 44.8 Å². The first-order valence-electron chi connectivity index (χ1n) is 8.28. The standard InChI is InChI=1S/C18H29N3OS.HI/c1-14(2)17-12-21(8-9-23-17)18(19-3)20-11-15-6-5-7-16(10-15)13-22-4;/h5-7,10,14,17H,8-9,11-13H2,1-4H3,(H,19,20);1H. The van der Waals surface area contributed by atoms with Gasteiger partial charge in [-0.1, -0.05) is 38.1 Å². The second-order valence-electron chi connectivity index (χ2n) is 6.25. The van der Waals surface area contributed by atoms with Gasteiger partial charge >= 0.3 is 0 Å². The molecule has 0 radical (unpaired) electrons.